The van der Waals surface area contributed by atoms with Crippen LogP contribution < -0.4 is 5.32 Å². The predicted molar refractivity (Wildman–Crippen MR) is 107 cm³/mol. The summed E-state index contributed by atoms with van der Waals surface area (Å²) in [6, 6.07) is 0. The summed E-state index contributed by atoms with van der Waals surface area (Å²) in [7, 11) is -5.43. The number of carboxylic acid groups (broad SMARTS) is 4. The maximum atomic E-state index is 12.9. The molecule has 1 rings (SSSR count). The average Bonchev–Trinajstić information content (AvgIpc) is 3.48. The van der Waals surface area contributed by atoms with Crippen molar-refractivity contribution in [3.05, 3.63) is 24.8 Å². The van der Waals surface area contributed by atoms with Crippen molar-refractivity contribution in [2.45, 2.75) is 42.6 Å². The van der Waals surface area contributed by atoms with E-state index in [1.165, 1.54) is 0 Å². The Labute approximate surface area is 191 Å². The van der Waals surface area contributed by atoms with Crippen molar-refractivity contribution < 1.29 is 66.9 Å². The molecule has 34 heavy (non-hydrogen) atoms. The van der Waals surface area contributed by atoms with Crippen LogP contribution >= 0.6 is 0 Å². The molecule has 0 bridgehead atoms. The Bertz CT molecular complexity index is 1080. The molecule has 0 aromatic carbocycles. The molecule has 1 saturated carbocycles. The van der Waals surface area contributed by atoms with Gasteiger partial charge in [-0.15, -0.1) is 0 Å². The minimum absolute atomic E-state index is 0.448. The number of carboxylic acids is 4. The van der Waals surface area contributed by atoms with Crippen LogP contribution in [0.25, 0.3) is 0 Å². The highest BCUT2D eigenvalue weighted by Gasteiger charge is 2.81. The Hall–Kier alpha value is -3.79. The number of esters is 1. The van der Waals surface area contributed by atoms with E-state index in [0.717, 1.165) is 0 Å². The fourth-order valence-corrected chi connectivity index (χ4v) is 4.93. The zero-order valence-corrected chi connectivity index (χ0v) is 18.5. The molecule has 1 aliphatic rings. The zero-order valence-electron chi connectivity index (χ0n) is 17.7. The van der Waals surface area contributed by atoms with Gasteiger partial charge in [-0.25, -0.2) is 9.59 Å². The van der Waals surface area contributed by atoms with E-state index >= 15 is 0 Å². The summed E-state index contributed by atoms with van der Waals surface area (Å²) in [4.78, 5) is 72.2. The van der Waals surface area contributed by atoms with Crippen LogP contribution in [0.2, 0.25) is 0 Å². The molecule has 1 amide bonds. The third-order valence-corrected chi connectivity index (χ3v) is 7.72. The molecule has 0 aromatic rings. The predicted octanol–water partition coefficient (Wildman–Crippen LogP) is -1.35. The lowest BCUT2D eigenvalue weighted by Gasteiger charge is -2.45. The van der Waals surface area contributed by atoms with E-state index < -0.39 is 85.6 Å². The molecule has 2 atom stereocenters. The number of carbonyl (C=O) groups is 6. The number of amides is 1. The minimum Gasteiger partial charge on any atom is -0.480 e. The van der Waals surface area contributed by atoms with Gasteiger partial charge >= 0.3 is 29.8 Å². The van der Waals surface area contributed by atoms with Crippen molar-refractivity contribution in [1.82, 2.24) is 5.32 Å². The molecule has 6 N–H and O–H groups in total. The van der Waals surface area contributed by atoms with Crippen molar-refractivity contribution >= 4 is 45.9 Å². The normalized spacial score (nSPS) is 18.2. The maximum absolute atomic E-state index is 12.9. The number of rotatable bonds is 12. The van der Waals surface area contributed by atoms with Crippen LogP contribution in [-0.2, 0) is 43.6 Å². The first-order chi connectivity index (χ1) is 15.2. The van der Waals surface area contributed by atoms with E-state index in [1.807, 2.05) is 0 Å². The first-order valence-corrected chi connectivity index (χ1v) is 10.4. The van der Waals surface area contributed by atoms with Gasteiger partial charge in [0.2, 0.25) is 5.60 Å². The van der Waals surface area contributed by atoms with Crippen molar-refractivity contribution in [3.63, 3.8) is 0 Å². The average molecular weight is 507 g/mol. The van der Waals surface area contributed by atoms with Crippen LogP contribution in [0.3, 0.4) is 0 Å². The number of hydrogen-bond donors (Lipinski definition) is 6. The zero-order chi connectivity index (χ0) is 27.1. The molecule has 0 spiro atoms. The van der Waals surface area contributed by atoms with Crippen LogP contribution in [-0.4, -0.2) is 85.0 Å². The van der Waals surface area contributed by atoms with E-state index in [-0.39, 0.29) is 0 Å². The molecular formula is C18H21NO14S. The van der Waals surface area contributed by atoms with E-state index in [0.29, 0.717) is 19.9 Å². The van der Waals surface area contributed by atoms with Crippen LogP contribution in [0.1, 0.15) is 26.7 Å². The highest BCUT2D eigenvalue weighted by molar-refractivity contribution is 7.87. The van der Waals surface area contributed by atoms with Gasteiger partial charge in [-0.3, -0.25) is 23.7 Å². The van der Waals surface area contributed by atoms with Gasteiger partial charge in [-0.1, -0.05) is 13.2 Å². The Morgan fingerprint density at radius 1 is 0.941 bits per heavy atom. The number of aliphatic carboxylic acids is 4. The van der Waals surface area contributed by atoms with Gasteiger partial charge in [0.25, 0.3) is 21.4 Å². The Kier molecular flexibility index (Phi) is 7.08. The Morgan fingerprint density at radius 3 is 1.62 bits per heavy atom. The van der Waals surface area contributed by atoms with Crippen molar-refractivity contribution in [2.24, 2.45) is 5.41 Å². The molecule has 2 unspecified atom stereocenters. The molecule has 15 nitrogen and oxygen atoms in total. The number of ether oxygens (including phenoxy) is 1. The highest BCUT2D eigenvalue weighted by Crippen LogP contribution is 2.58. The van der Waals surface area contributed by atoms with Gasteiger partial charge in [0.05, 0.1) is 11.1 Å². The summed E-state index contributed by atoms with van der Waals surface area (Å²) in [5.41, 5.74) is -11.5. The summed E-state index contributed by atoms with van der Waals surface area (Å²) >= 11 is 0. The number of carbonyl (C=O) groups excluding carboxylic acids is 2. The van der Waals surface area contributed by atoms with Gasteiger partial charge in [0, 0.05) is 6.08 Å². The molecule has 1 fully saturated rings. The van der Waals surface area contributed by atoms with Crippen LogP contribution in [0, 0.1) is 5.41 Å². The van der Waals surface area contributed by atoms with Crippen molar-refractivity contribution in [1.29, 1.82) is 0 Å². The molecule has 188 valence electrons. The fraction of sp³-hybridized carbons (Fsp3) is 0.444. The lowest BCUT2D eigenvalue weighted by atomic mass is 9.66. The largest absolute Gasteiger partial charge is 0.480 e. The Balaban J connectivity index is 3.87. The topological polar surface area (TPSA) is 259 Å². The molecule has 0 heterocycles. The smallest absolute Gasteiger partial charge is 0.352 e. The molecule has 0 radical (unpaired) electrons. The van der Waals surface area contributed by atoms with Crippen LogP contribution in [0.4, 0.5) is 0 Å². The molecule has 0 saturated heterocycles. The first kappa shape index (κ1) is 28.2. The maximum Gasteiger partial charge on any atom is 0.352 e. The van der Waals surface area contributed by atoms with Gasteiger partial charge in [-0.2, -0.15) is 8.42 Å². The lowest BCUT2D eigenvalue weighted by Crippen LogP contribution is -2.75. The van der Waals surface area contributed by atoms with Gasteiger partial charge in [0.1, 0.15) is 4.75 Å². The van der Waals surface area contributed by atoms with Crippen LogP contribution in [0.5, 0.6) is 0 Å². The fourth-order valence-electron chi connectivity index (χ4n) is 3.59. The minimum atomic E-state index is -5.43. The second-order valence-electron chi connectivity index (χ2n) is 7.66. The highest BCUT2D eigenvalue weighted by atomic mass is 32.2. The molecule has 0 aliphatic heterocycles. The quantitative estimate of drug-likeness (QED) is 0.0772. The van der Waals surface area contributed by atoms with Gasteiger partial charge in [-0.05, 0) is 26.7 Å². The molecule has 16 heteroatoms. The lowest BCUT2D eigenvalue weighted by molar-refractivity contribution is -0.183. The standard InChI is InChI=1S/C18H21NO14S/c1-5-9(20)33-15(3,11(22)23)8(2)10(21)19-16(4,17(6-7-17)34(30,31)32)18(12(24)25,13(26)27)14(28)29/h5H,1-2,6-7H2,3-4H3,(H,19,21)(H,22,23)(H,24,25)(H,26,27)(H,28,29)(H,30,31,32). The van der Waals surface area contributed by atoms with Crippen molar-refractivity contribution in [2.75, 3.05) is 0 Å². The second kappa shape index (κ2) is 8.53. The van der Waals surface area contributed by atoms with E-state index in [4.69, 9.17) is 0 Å². The summed E-state index contributed by atoms with van der Waals surface area (Å²) in [6.45, 7) is 7.28. The number of hydrogen-bond acceptors (Lipinski definition) is 9. The summed E-state index contributed by atoms with van der Waals surface area (Å²) in [5, 5.41) is 40.0. The second-order valence-corrected chi connectivity index (χ2v) is 9.39. The Morgan fingerprint density at radius 2 is 1.35 bits per heavy atom. The monoisotopic (exact) mass is 507 g/mol. The van der Waals surface area contributed by atoms with Crippen molar-refractivity contribution in [3.8, 4) is 0 Å². The summed E-state index contributed by atoms with van der Waals surface area (Å²) in [5.74, 6) is -13.0. The van der Waals surface area contributed by atoms with Crippen LogP contribution in [0.15, 0.2) is 24.8 Å². The molecule has 0 aromatic heterocycles. The third kappa shape index (κ3) is 3.79. The van der Waals surface area contributed by atoms with Gasteiger partial charge in [0.15, 0.2) is 0 Å². The van der Waals surface area contributed by atoms with Gasteiger partial charge < -0.3 is 30.5 Å². The molecular weight excluding hydrogens is 486 g/mol. The summed E-state index contributed by atoms with van der Waals surface area (Å²) < 4.78 is 35.8. The van der Waals surface area contributed by atoms with E-state index in [9.17, 15) is 62.2 Å². The number of nitrogens with one attached hydrogen (secondary N) is 1. The molecule has 1 aliphatic carbocycles. The van der Waals surface area contributed by atoms with E-state index in [1.54, 1.807) is 5.32 Å². The first-order valence-electron chi connectivity index (χ1n) is 9.01. The summed E-state index contributed by atoms with van der Waals surface area (Å²) in [6.07, 6.45) is -0.822. The van der Waals surface area contributed by atoms with E-state index in [2.05, 4.69) is 17.9 Å². The SMILES string of the molecule is C=CC(=O)OC(C)(C(=C)C(=O)NC(C)(C(C(=O)O)(C(=O)O)C(=O)O)C1(S(=O)(=O)O)CC1)C(=O)O. The third-order valence-electron chi connectivity index (χ3n) is 5.91.